The van der Waals surface area contributed by atoms with Crippen LogP contribution in [0.25, 0.3) is 0 Å². The maximum absolute atomic E-state index is 15.4. The van der Waals surface area contributed by atoms with Crippen molar-refractivity contribution in [3.63, 3.8) is 0 Å². The lowest BCUT2D eigenvalue weighted by molar-refractivity contribution is -0.0946. The van der Waals surface area contributed by atoms with Gasteiger partial charge in [0.25, 0.3) is 0 Å². The second-order valence-electron chi connectivity index (χ2n) is 39.0. The molecule has 0 fully saturated rings. The second-order valence-corrected chi connectivity index (χ2v) is 39.0. The minimum Gasteiger partial charge on any atom is -0.244 e. The fourth-order valence-electron chi connectivity index (χ4n) is 18.6. The average molecular weight is 1490 g/mol. The molecule has 0 spiro atoms. The van der Waals surface area contributed by atoms with Crippen molar-refractivity contribution in [1.29, 1.82) is 0 Å². The summed E-state index contributed by atoms with van der Waals surface area (Å²) in [4.78, 5) is 0. The van der Waals surface area contributed by atoms with Gasteiger partial charge in [-0.25, -0.2) is 35.1 Å². The van der Waals surface area contributed by atoms with Crippen molar-refractivity contribution in [2.45, 2.75) is 481 Å². The summed E-state index contributed by atoms with van der Waals surface area (Å²) in [5.74, 6) is 5.15. The zero-order chi connectivity index (χ0) is 84.9. The molecule has 4 atom stereocenters. The summed E-state index contributed by atoms with van der Waals surface area (Å²) < 4.78 is 115. The molecule has 0 rings (SSSR count). The topological polar surface area (TPSA) is 0 Å². The Labute approximate surface area is 647 Å². The summed E-state index contributed by atoms with van der Waals surface area (Å²) in [6.45, 7) is 101. The molecule has 0 saturated heterocycles. The molecule has 103 heavy (non-hydrogen) atoms. The Bertz CT molecular complexity index is 1850. The van der Waals surface area contributed by atoms with Gasteiger partial charge in [-0.05, 0) is 219 Å². The third-order valence-corrected chi connectivity index (χ3v) is 28.2. The summed E-state index contributed by atoms with van der Waals surface area (Å²) in [6, 6.07) is 0. The fourth-order valence-corrected chi connectivity index (χ4v) is 18.6. The second kappa shape index (κ2) is 52.6. The van der Waals surface area contributed by atoms with E-state index in [9.17, 15) is 26.3 Å². The predicted molar refractivity (Wildman–Crippen MR) is 456 cm³/mol. The van der Waals surface area contributed by atoms with Crippen molar-refractivity contribution in [3.05, 3.63) is 0 Å². The molecular formula is C95H198F8. The standard InChI is InChI=1S/C16H33F.C14H29F.3C12H25F.C11H23F.C10H21F.C8H17F/c1-10(2)14(11(3)4)16(9,17)15(12(5)6)13(7)8;1-8-12(5,9-2)14(7,15)13(6,10-3)11-4;1-8(2)11(9(3)4)12(7,13)10(5)6;1-7-8-12(6,13)11(9(2)3)10(4)5;1-6-10(7-2)12(5,13)11(8-3)9-4;1-7-10(5,8-2)11(6,12)9(3)4;1-6-9(7-2)10(5,11)8(3)4;1-6(2)8(5,9)7(3)4/h10-15H,1-9H3;8-11H2,1-7H3;8-11H,1-7H3;9-11H,7-8H2,1-6H3;10-11H,6-9H2,1-5H3;9H,7-8H2,1-6H3;8-9H,6-7H2,1-5H3;6-7H,1-5H3. The van der Waals surface area contributed by atoms with E-state index in [0.717, 1.165) is 83.5 Å². The van der Waals surface area contributed by atoms with Gasteiger partial charge in [0.2, 0.25) is 0 Å². The molecule has 0 amide bonds. The molecule has 0 saturated carbocycles. The Morgan fingerprint density at radius 1 is 0.214 bits per heavy atom. The minimum atomic E-state index is -1.09. The largest absolute Gasteiger partial charge is 0.244 e. The first-order chi connectivity index (χ1) is 46.0. The maximum Gasteiger partial charge on any atom is 0.118 e. The summed E-state index contributed by atoms with van der Waals surface area (Å²) in [5.41, 5.74) is -8.76. The van der Waals surface area contributed by atoms with Crippen LogP contribution in [-0.2, 0) is 0 Å². The number of alkyl halides is 8. The molecule has 0 aliphatic carbocycles. The van der Waals surface area contributed by atoms with E-state index in [2.05, 4.69) is 215 Å². The van der Waals surface area contributed by atoms with Crippen LogP contribution >= 0.6 is 0 Å². The Morgan fingerprint density at radius 3 is 0.524 bits per heavy atom. The Balaban J connectivity index is -0.000000168. The Morgan fingerprint density at radius 2 is 0.408 bits per heavy atom. The number of halogens is 8. The highest BCUT2D eigenvalue weighted by Crippen LogP contribution is 2.55. The summed E-state index contributed by atoms with van der Waals surface area (Å²) in [7, 11) is 0. The minimum absolute atomic E-state index is 0.0994. The first-order valence-corrected chi connectivity index (χ1v) is 43.5. The zero-order valence-electron chi connectivity index (χ0n) is 80.0. The summed E-state index contributed by atoms with van der Waals surface area (Å²) >= 11 is 0. The predicted octanol–water partition coefficient (Wildman–Crippen LogP) is 35.3. The number of hydrogen-bond donors (Lipinski definition) is 0. The van der Waals surface area contributed by atoms with Crippen molar-refractivity contribution in [1.82, 2.24) is 0 Å². The lowest BCUT2D eigenvalue weighted by Crippen LogP contribution is -2.51. The summed E-state index contributed by atoms with van der Waals surface area (Å²) in [6.07, 6.45) is 12.8. The van der Waals surface area contributed by atoms with Gasteiger partial charge in [0.05, 0.1) is 0 Å². The van der Waals surface area contributed by atoms with Crippen LogP contribution < -0.4 is 0 Å². The van der Waals surface area contributed by atoms with Crippen molar-refractivity contribution in [3.8, 4) is 0 Å². The Hall–Kier alpha value is -0.560. The molecule has 0 aromatic heterocycles. The van der Waals surface area contributed by atoms with Gasteiger partial charge in [-0.3, -0.25) is 0 Å². The number of hydrogen-bond acceptors (Lipinski definition) is 0. The van der Waals surface area contributed by atoms with Crippen LogP contribution in [0.2, 0.25) is 0 Å². The molecule has 0 radical (unpaired) electrons. The van der Waals surface area contributed by atoms with Crippen LogP contribution in [0.15, 0.2) is 0 Å². The van der Waals surface area contributed by atoms with Gasteiger partial charge in [-0.15, -0.1) is 0 Å². The van der Waals surface area contributed by atoms with Gasteiger partial charge in [0.15, 0.2) is 0 Å². The highest BCUT2D eigenvalue weighted by Gasteiger charge is 2.54. The molecule has 0 heterocycles. The van der Waals surface area contributed by atoms with Crippen LogP contribution in [0.4, 0.5) is 35.1 Å². The van der Waals surface area contributed by atoms with E-state index in [0.29, 0.717) is 53.8 Å². The van der Waals surface area contributed by atoms with Gasteiger partial charge in [0.1, 0.15) is 45.4 Å². The van der Waals surface area contributed by atoms with E-state index in [1.165, 1.54) is 0 Å². The lowest BCUT2D eigenvalue weighted by Gasteiger charge is -2.51. The van der Waals surface area contributed by atoms with E-state index in [-0.39, 0.29) is 87.3 Å². The molecule has 8 heteroatoms. The van der Waals surface area contributed by atoms with Gasteiger partial charge in [-0.1, -0.05) is 336 Å². The van der Waals surface area contributed by atoms with Crippen molar-refractivity contribution in [2.75, 3.05) is 0 Å². The van der Waals surface area contributed by atoms with E-state index in [1.54, 1.807) is 41.5 Å². The highest BCUT2D eigenvalue weighted by molar-refractivity contribution is 5.03. The normalized spacial score (nSPS) is 15.6. The lowest BCUT2D eigenvalue weighted by atomic mass is 9.57. The summed E-state index contributed by atoms with van der Waals surface area (Å²) in [5, 5.41) is 0. The first kappa shape index (κ1) is 118. The van der Waals surface area contributed by atoms with Crippen LogP contribution in [0.1, 0.15) is 436 Å². The van der Waals surface area contributed by atoms with Gasteiger partial charge in [-0.2, -0.15) is 0 Å². The Kier molecular flexibility index (Phi) is 60.4. The third-order valence-electron chi connectivity index (χ3n) is 28.2. The quantitative estimate of drug-likeness (QED) is 0.0544. The van der Waals surface area contributed by atoms with Crippen molar-refractivity contribution >= 4 is 0 Å². The fraction of sp³-hybridized carbons (Fsp3) is 1.00. The monoisotopic (exact) mass is 1490 g/mol. The van der Waals surface area contributed by atoms with Gasteiger partial charge in [0, 0.05) is 16.2 Å². The van der Waals surface area contributed by atoms with Crippen LogP contribution in [0.5, 0.6) is 0 Å². The van der Waals surface area contributed by atoms with Crippen molar-refractivity contribution in [2.24, 2.45) is 135 Å². The SMILES string of the molecule is CC(C)C(C(C)C)C(C)(F)C(C(C)C)C(C)C.CC(C)C(C(C)C)C(C)(F)C(C)C.CC(C)C(C)(F)C(C)C.CCC(C)(CC)C(C)(F)C(C)(CC)CC.CCC(C)(CC)C(C)(F)C(C)C.CCC(CC)C(C)(F)C(C)C.CCC(CC)C(C)(F)C(CC)CC.CCCC(C)(F)C(C(C)C)C(C)C. The van der Waals surface area contributed by atoms with E-state index in [1.807, 2.05) is 90.0 Å². The van der Waals surface area contributed by atoms with E-state index < -0.39 is 45.4 Å². The molecule has 0 aliphatic heterocycles. The molecule has 0 nitrogen and oxygen atoms in total. The molecule has 0 aliphatic rings. The third kappa shape index (κ3) is 37.1. The zero-order valence-corrected chi connectivity index (χ0v) is 80.0. The molecule has 0 aromatic rings. The van der Waals surface area contributed by atoms with Gasteiger partial charge >= 0.3 is 0 Å². The van der Waals surface area contributed by atoms with Gasteiger partial charge < -0.3 is 0 Å². The molecular weight excluding hydrogens is 1290 g/mol. The molecule has 0 aromatic carbocycles. The van der Waals surface area contributed by atoms with Crippen LogP contribution in [0, 0.1) is 135 Å². The maximum atomic E-state index is 15.4. The van der Waals surface area contributed by atoms with E-state index >= 15 is 8.78 Å². The van der Waals surface area contributed by atoms with E-state index in [4.69, 9.17) is 0 Å². The average Bonchev–Trinajstić information content (AvgIpc) is 0.764. The molecule has 0 N–H and O–H groups in total. The van der Waals surface area contributed by atoms with Crippen molar-refractivity contribution < 1.29 is 35.1 Å². The van der Waals surface area contributed by atoms with Crippen LogP contribution in [0.3, 0.4) is 0 Å². The first-order valence-electron chi connectivity index (χ1n) is 43.5. The smallest absolute Gasteiger partial charge is 0.118 e. The molecule has 634 valence electrons. The molecule has 0 bridgehead atoms. The number of rotatable bonds is 37. The van der Waals surface area contributed by atoms with Crippen LogP contribution in [-0.4, -0.2) is 45.4 Å². The highest BCUT2D eigenvalue weighted by atomic mass is 19.2. The molecule has 4 unspecified atom stereocenters.